The molecule has 1 heterocycles. The van der Waals surface area contributed by atoms with Gasteiger partial charge in [-0.1, -0.05) is 11.6 Å². The highest BCUT2D eigenvalue weighted by Gasteiger charge is 2.05. The molecule has 0 radical (unpaired) electrons. The zero-order valence-electron chi connectivity index (χ0n) is 8.02. The molecule has 4 nitrogen and oxygen atoms in total. The second-order valence-corrected chi connectivity index (χ2v) is 3.38. The van der Waals surface area contributed by atoms with Crippen LogP contribution in [0.1, 0.15) is 0 Å². The molecule has 0 aliphatic heterocycles. The zero-order chi connectivity index (χ0) is 11.5. The molecular formula is C10H7ClFN3O. The molecule has 1 aromatic carbocycles. The van der Waals surface area contributed by atoms with E-state index in [0.717, 1.165) is 6.07 Å². The number of nitrogens with two attached hydrogens (primary N) is 1. The Bertz CT molecular complexity index is 504. The molecule has 2 N–H and O–H groups in total. The minimum Gasteiger partial charge on any atom is -0.423 e. The van der Waals surface area contributed by atoms with Crippen LogP contribution in [0.4, 0.5) is 10.1 Å². The molecule has 2 aromatic rings. The van der Waals surface area contributed by atoms with Crippen molar-refractivity contribution in [3.05, 3.63) is 41.4 Å². The molecular weight excluding hydrogens is 233 g/mol. The van der Waals surface area contributed by atoms with Gasteiger partial charge in [-0.3, -0.25) is 0 Å². The minimum atomic E-state index is -0.435. The Morgan fingerprint density at radius 1 is 1.25 bits per heavy atom. The van der Waals surface area contributed by atoms with Crippen LogP contribution in [0.25, 0.3) is 0 Å². The van der Waals surface area contributed by atoms with Gasteiger partial charge >= 0.3 is 6.01 Å². The second-order valence-electron chi connectivity index (χ2n) is 2.98. The first-order valence-corrected chi connectivity index (χ1v) is 4.73. The van der Waals surface area contributed by atoms with Gasteiger partial charge in [-0.25, -0.2) is 14.4 Å². The van der Waals surface area contributed by atoms with Crippen molar-refractivity contribution in [2.75, 3.05) is 5.73 Å². The van der Waals surface area contributed by atoms with Crippen LogP contribution in [0.15, 0.2) is 30.6 Å². The summed E-state index contributed by atoms with van der Waals surface area (Å²) < 4.78 is 18.0. The van der Waals surface area contributed by atoms with E-state index in [0.29, 0.717) is 5.69 Å². The summed E-state index contributed by atoms with van der Waals surface area (Å²) in [4.78, 5) is 7.65. The van der Waals surface area contributed by atoms with Gasteiger partial charge in [0, 0.05) is 0 Å². The van der Waals surface area contributed by atoms with Crippen LogP contribution in [-0.4, -0.2) is 9.97 Å². The number of anilines is 1. The highest BCUT2D eigenvalue weighted by molar-refractivity contribution is 6.32. The molecule has 0 bridgehead atoms. The monoisotopic (exact) mass is 239 g/mol. The standard InChI is InChI=1S/C10H7ClFN3O/c11-8-3-6(12)1-2-9(8)16-10-14-4-7(13)5-15-10/h1-5H,13H2. The Hall–Kier alpha value is -1.88. The summed E-state index contributed by atoms with van der Waals surface area (Å²) in [6.07, 6.45) is 2.81. The van der Waals surface area contributed by atoms with Gasteiger partial charge in [0.25, 0.3) is 0 Å². The topological polar surface area (TPSA) is 61.0 Å². The predicted molar refractivity (Wildman–Crippen MR) is 57.9 cm³/mol. The smallest absolute Gasteiger partial charge is 0.322 e. The Morgan fingerprint density at radius 3 is 2.56 bits per heavy atom. The molecule has 2 rings (SSSR count). The maximum absolute atomic E-state index is 12.8. The van der Waals surface area contributed by atoms with Crippen LogP contribution in [-0.2, 0) is 0 Å². The molecule has 0 saturated heterocycles. The zero-order valence-corrected chi connectivity index (χ0v) is 8.78. The van der Waals surface area contributed by atoms with Crippen molar-refractivity contribution in [1.29, 1.82) is 0 Å². The van der Waals surface area contributed by atoms with Crippen molar-refractivity contribution in [2.24, 2.45) is 0 Å². The Balaban J connectivity index is 2.23. The summed E-state index contributed by atoms with van der Waals surface area (Å²) in [5.74, 6) is -0.150. The highest BCUT2D eigenvalue weighted by atomic mass is 35.5. The molecule has 0 fully saturated rings. The third-order valence-electron chi connectivity index (χ3n) is 1.74. The first-order chi connectivity index (χ1) is 7.65. The van der Waals surface area contributed by atoms with E-state index < -0.39 is 5.82 Å². The van der Waals surface area contributed by atoms with Gasteiger partial charge in [-0.2, -0.15) is 0 Å². The summed E-state index contributed by atoms with van der Waals surface area (Å²) in [7, 11) is 0. The van der Waals surface area contributed by atoms with Crippen molar-refractivity contribution in [1.82, 2.24) is 9.97 Å². The normalized spacial score (nSPS) is 10.1. The van der Waals surface area contributed by atoms with Crippen LogP contribution >= 0.6 is 11.6 Å². The Labute approximate surface area is 95.9 Å². The van der Waals surface area contributed by atoms with Crippen LogP contribution in [0.3, 0.4) is 0 Å². The molecule has 1 aromatic heterocycles. The van der Waals surface area contributed by atoms with Gasteiger partial charge in [0.15, 0.2) is 0 Å². The Kier molecular flexibility index (Phi) is 2.87. The van der Waals surface area contributed by atoms with E-state index in [-0.39, 0.29) is 16.8 Å². The van der Waals surface area contributed by atoms with Gasteiger partial charge in [0.2, 0.25) is 0 Å². The first kappa shape index (κ1) is 10.6. The average Bonchev–Trinajstić information content (AvgIpc) is 2.25. The lowest BCUT2D eigenvalue weighted by atomic mass is 10.3. The Morgan fingerprint density at radius 2 is 1.94 bits per heavy atom. The van der Waals surface area contributed by atoms with Gasteiger partial charge in [0.1, 0.15) is 11.6 Å². The number of nitrogen functional groups attached to an aromatic ring is 1. The third kappa shape index (κ3) is 2.38. The fourth-order valence-electron chi connectivity index (χ4n) is 1.04. The predicted octanol–water partition coefficient (Wildman–Crippen LogP) is 2.64. The molecule has 16 heavy (non-hydrogen) atoms. The van der Waals surface area contributed by atoms with Crippen molar-refractivity contribution in [3.8, 4) is 11.8 Å². The minimum absolute atomic E-state index is 0.0997. The molecule has 0 spiro atoms. The fraction of sp³-hybridized carbons (Fsp3) is 0. The summed E-state index contributed by atoms with van der Waals surface area (Å²) in [6.45, 7) is 0. The van der Waals surface area contributed by atoms with E-state index in [4.69, 9.17) is 22.1 Å². The number of halogens is 2. The molecule has 0 aliphatic rings. The van der Waals surface area contributed by atoms with E-state index in [1.165, 1.54) is 24.5 Å². The largest absolute Gasteiger partial charge is 0.423 e. The van der Waals surface area contributed by atoms with Gasteiger partial charge < -0.3 is 10.5 Å². The molecule has 0 amide bonds. The lowest BCUT2D eigenvalue weighted by Crippen LogP contribution is -1.94. The molecule has 6 heteroatoms. The van der Waals surface area contributed by atoms with E-state index in [9.17, 15) is 4.39 Å². The molecule has 0 atom stereocenters. The van der Waals surface area contributed by atoms with E-state index >= 15 is 0 Å². The quantitative estimate of drug-likeness (QED) is 0.875. The number of rotatable bonds is 2. The van der Waals surface area contributed by atoms with Gasteiger partial charge in [0.05, 0.1) is 23.1 Å². The molecule has 0 unspecified atom stereocenters. The number of hydrogen-bond acceptors (Lipinski definition) is 4. The van der Waals surface area contributed by atoms with Crippen LogP contribution in [0.5, 0.6) is 11.8 Å². The van der Waals surface area contributed by atoms with Crippen LogP contribution in [0.2, 0.25) is 5.02 Å². The molecule has 0 saturated carbocycles. The van der Waals surface area contributed by atoms with E-state index in [2.05, 4.69) is 9.97 Å². The van der Waals surface area contributed by atoms with E-state index in [1.807, 2.05) is 0 Å². The number of hydrogen-bond donors (Lipinski definition) is 1. The van der Waals surface area contributed by atoms with Crippen molar-refractivity contribution >= 4 is 17.3 Å². The summed E-state index contributed by atoms with van der Waals surface area (Å²) in [5.41, 5.74) is 5.84. The van der Waals surface area contributed by atoms with Crippen molar-refractivity contribution < 1.29 is 9.13 Å². The van der Waals surface area contributed by atoms with Crippen molar-refractivity contribution in [3.63, 3.8) is 0 Å². The highest BCUT2D eigenvalue weighted by Crippen LogP contribution is 2.27. The number of aromatic nitrogens is 2. The van der Waals surface area contributed by atoms with E-state index in [1.54, 1.807) is 0 Å². The number of nitrogens with zero attached hydrogens (tertiary/aromatic N) is 2. The van der Waals surface area contributed by atoms with Gasteiger partial charge in [-0.15, -0.1) is 0 Å². The van der Waals surface area contributed by atoms with Crippen LogP contribution < -0.4 is 10.5 Å². The number of benzene rings is 1. The summed E-state index contributed by atoms with van der Waals surface area (Å²) in [6, 6.07) is 3.88. The molecule has 82 valence electrons. The second kappa shape index (κ2) is 4.32. The maximum atomic E-state index is 12.8. The lowest BCUT2D eigenvalue weighted by molar-refractivity contribution is 0.441. The SMILES string of the molecule is Nc1cnc(Oc2ccc(F)cc2Cl)nc1. The fourth-order valence-corrected chi connectivity index (χ4v) is 1.24. The first-order valence-electron chi connectivity index (χ1n) is 4.35. The number of ether oxygens (including phenoxy) is 1. The maximum Gasteiger partial charge on any atom is 0.322 e. The average molecular weight is 240 g/mol. The van der Waals surface area contributed by atoms with Crippen molar-refractivity contribution in [2.45, 2.75) is 0 Å². The summed E-state index contributed by atoms with van der Waals surface area (Å²) >= 11 is 5.77. The van der Waals surface area contributed by atoms with Crippen LogP contribution in [0, 0.1) is 5.82 Å². The summed E-state index contributed by atoms with van der Waals surface area (Å²) in [5, 5.41) is 0.153. The van der Waals surface area contributed by atoms with Gasteiger partial charge in [-0.05, 0) is 18.2 Å². The molecule has 0 aliphatic carbocycles. The third-order valence-corrected chi connectivity index (χ3v) is 2.04. The lowest BCUT2D eigenvalue weighted by Gasteiger charge is -2.05.